The molecule has 0 aliphatic rings. The van der Waals surface area contributed by atoms with Crippen LogP contribution in [0.15, 0.2) is 39.3 Å². The summed E-state index contributed by atoms with van der Waals surface area (Å²) in [5, 5.41) is 0. The fraction of sp³-hybridized carbons (Fsp3) is 0.100. The van der Waals surface area contributed by atoms with Crippen LogP contribution in [-0.4, -0.2) is 13.4 Å². The Labute approximate surface area is 116 Å². The van der Waals surface area contributed by atoms with Crippen LogP contribution in [0, 0.1) is 5.82 Å². The first-order chi connectivity index (χ1) is 8.47. The first kappa shape index (κ1) is 13.6. The Hall–Kier alpha value is -0.830. The van der Waals surface area contributed by atoms with E-state index in [-0.39, 0.29) is 11.4 Å². The highest BCUT2D eigenvalue weighted by atomic mass is 79.9. The summed E-state index contributed by atoms with van der Waals surface area (Å²) in [5.74, 6) is -0.684. The monoisotopic (exact) mass is 350 g/mol. The number of hydrogen-bond donors (Lipinski definition) is 1. The van der Waals surface area contributed by atoms with Gasteiger partial charge in [0.2, 0.25) is 10.0 Å². The molecule has 0 radical (unpaired) electrons. The van der Waals surface area contributed by atoms with Crippen LogP contribution < -0.4 is 4.72 Å². The van der Waals surface area contributed by atoms with Gasteiger partial charge in [0.05, 0.1) is 9.98 Å². The van der Waals surface area contributed by atoms with Gasteiger partial charge in [-0.2, -0.15) is 0 Å². The Balaban J connectivity index is 2.13. The maximum Gasteiger partial charge on any atom is 0.242 e. The zero-order valence-corrected chi connectivity index (χ0v) is 12.1. The highest BCUT2D eigenvalue weighted by Crippen LogP contribution is 2.22. The third kappa shape index (κ3) is 3.35. The standard InChI is InChI=1S/C10H8BrFN2O2S2/c11-10-2-1-8(17-10)5-14-18(15,16)9-3-7(12)4-13-6-9/h1-4,6,14H,5H2. The van der Waals surface area contributed by atoms with Crippen LogP contribution in [-0.2, 0) is 16.6 Å². The largest absolute Gasteiger partial charge is 0.260 e. The van der Waals surface area contributed by atoms with Gasteiger partial charge in [0.25, 0.3) is 0 Å². The molecule has 0 spiro atoms. The summed E-state index contributed by atoms with van der Waals surface area (Å²) in [5.41, 5.74) is 0. The molecule has 2 heterocycles. The van der Waals surface area contributed by atoms with Crippen LogP contribution in [0.5, 0.6) is 0 Å². The Bertz CT molecular complexity index is 657. The molecule has 8 heteroatoms. The van der Waals surface area contributed by atoms with Crippen molar-refractivity contribution in [3.05, 3.63) is 45.1 Å². The third-order valence-electron chi connectivity index (χ3n) is 2.06. The Morgan fingerprint density at radius 2 is 2.17 bits per heavy atom. The normalized spacial score (nSPS) is 11.7. The SMILES string of the molecule is O=S(=O)(NCc1ccc(Br)s1)c1cncc(F)c1. The van der Waals surface area contributed by atoms with Gasteiger partial charge in [-0.3, -0.25) is 4.98 Å². The summed E-state index contributed by atoms with van der Waals surface area (Å²) in [6.07, 6.45) is 2.06. The van der Waals surface area contributed by atoms with E-state index in [9.17, 15) is 12.8 Å². The Morgan fingerprint density at radius 1 is 1.39 bits per heavy atom. The molecule has 18 heavy (non-hydrogen) atoms. The number of hydrogen-bond acceptors (Lipinski definition) is 4. The number of halogens is 2. The fourth-order valence-corrected chi connectivity index (χ4v) is 3.73. The summed E-state index contributed by atoms with van der Waals surface area (Å²) in [6, 6.07) is 4.57. The molecule has 0 amide bonds. The highest BCUT2D eigenvalue weighted by molar-refractivity contribution is 9.11. The summed E-state index contributed by atoms with van der Waals surface area (Å²) >= 11 is 4.72. The smallest absolute Gasteiger partial charge is 0.242 e. The minimum absolute atomic E-state index is 0.162. The molecule has 96 valence electrons. The van der Waals surface area contributed by atoms with Gasteiger partial charge in [0.1, 0.15) is 10.7 Å². The molecule has 4 nitrogen and oxygen atoms in total. The van der Waals surface area contributed by atoms with Crippen LogP contribution in [0.3, 0.4) is 0 Å². The zero-order chi connectivity index (χ0) is 13.2. The van der Waals surface area contributed by atoms with E-state index in [0.717, 1.165) is 27.1 Å². The van der Waals surface area contributed by atoms with E-state index >= 15 is 0 Å². The average molecular weight is 351 g/mol. The predicted molar refractivity (Wildman–Crippen MR) is 70.2 cm³/mol. The van der Waals surface area contributed by atoms with Crippen molar-refractivity contribution in [2.24, 2.45) is 0 Å². The van der Waals surface area contributed by atoms with Gasteiger partial charge in [-0.05, 0) is 34.1 Å². The zero-order valence-electron chi connectivity index (χ0n) is 8.93. The first-order valence-electron chi connectivity index (χ1n) is 4.82. The molecule has 0 saturated carbocycles. The number of sulfonamides is 1. The Kier molecular flexibility index (Phi) is 4.10. The average Bonchev–Trinajstić information content (AvgIpc) is 2.73. The lowest BCUT2D eigenvalue weighted by atomic mass is 10.5. The highest BCUT2D eigenvalue weighted by Gasteiger charge is 2.15. The minimum atomic E-state index is -3.73. The number of nitrogens with zero attached hydrogens (tertiary/aromatic N) is 1. The third-order valence-corrected chi connectivity index (χ3v) is 5.05. The van der Waals surface area contributed by atoms with Crippen molar-refractivity contribution in [1.82, 2.24) is 9.71 Å². The predicted octanol–water partition coefficient (Wildman–Crippen LogP) is 2.52. The molecule has 2 aromatic rings. The van der Waals surface area contributed by atoms with Gasteiger partial charge in [-0.1, -0.05) is 0 Å². The maximum atomic E-state index is 12.9. The lowest BCUT2D eigenvalue weighted by Crippen LogP contribution is -2.23. The summed E-state index contributed by atoms with van der Waals surface area (Å²) < 4.78 is 39.9. The molecule has 2 aromatic heterocycles. The van der Waals surface area contributed by atoms with Gasteiger partial charge >= 0.3 is 0 Å². The Morgan fingerprint density at radius 3 is 2.78 bits per heavy atom. The summed E-state index contributed by atoms with van der Waals surface area (Å²) in [7, 11) is -3.73. The second-order valence-electron chi connectivity index (χ2n) is 3.37. The number of thiophene rings is 1. The quantitative estimate of drug-likeness (QED) is 0.921. The van der Waals surface area contributed by atoms with Crippen LogP contribution in [0.1, 0.15) is 4.88 Å². The van der Waals surface area contributed by atoms with E-state index < -0.39 is 15.8 Å². The molecule has 0 saturated heterocycles. The number of rotatable bonds is 4. The van der Waals surface area contributed by atoms with Crippen molar-refractivity contribution in [3.8, 4) is 0 Å². The molecule has 0 aliphatic carbocycles. The number of aromatic nitrogens is 1. The van der Waals surface area contributed by atoms with E-state index in [0.29, 0.717) is 0 Å². The van der Waals surface area contributed by atoms with Gasteiger partial charge in [0.15, 0.2) is 0 Å². The fourth-order valence-electron chi connectivity index (χ4n) is 1.24. The van der Waals surface area contributed by atoms with Gasteiger partial charge in [-0.25, -0.2) is 17.5 Å². The molecule has 0 atom stereocenters. The maximum absolute atomic E-state index is 12.9. The van der Waals surface area contributed by atoms with E-state index in [2.05, 4.69) is 25.6 Å². The van der Waals surface area contributed by atoms with Crippen LogP contribution in [0.2, 0.25) is 0 Å². The summed E-state index contributed by atoms with van der Waals surface area (Å²) in [4.78, 5) is 4.18. The van der Waals surface area contributed by atoms with Crippen molar-refractivity contribution in [1.29, 1.82) is 0 Å². The lowest BCUT2D eigenvalue weighted by molar-refractivity contribution is 0.576. The molecular formula is C10H8BrFN2O2S2. The van der Waals surface area contributed by atoms with Crippen molar-refractivity contribution < 1.29 is 12.8 Å². The van der Waals surface area contributed by atoms with Crippen LogP contribution in [0.25, 0.3) is 0 Å². The number of nitrogens with one attached hydrogen (secondary N) is 1. The van der Waals surface area contributed by atoms with Gasteiger partial charge in [0, 0.05) is 17.6 Å². The van der Waals surface area contributed by atoms with E-state index in [1.807, 2.05) is 6.07 Å². The lowest BCUT2D eigenvalue weighted by Gasteiger charge is -2.04. The minimum Gasteiger partial charge on any atom is -0.260 e. The molecule has 0 fully saturated rings. The molecule has 0 bridgehead atoms. The molecular weight excluding hydrogens is 343 g/mol. The van der Waals surface area contributed by atoms with E-state index in [4.69, 9.17) is 0 Å². The summed E-state index contributed by atoms with van der Waals surface area (Å²) in [6.45, 7) is 0.162. The molecule has 0 aromatic carbocycles. The van der Waals surface area contributed by atoms with Crippen LogP contribution in [0.4, 0.5) is 4.39 Å². The van der Waals surface area contributed by atoms with Gasteiger partial charge in [-0.15, -0.1) is 11.3 Å². The van der Waals surface area contributed by atoms with E-state index in [1.54, 1.807) is 6.07 Å². The van der Waals surface area contributed by atoms with E-state index in [1.165, 1.54) is 11.3 Å². The van der Waals surface area contributed by atoms with Crippen molar-refractivity contribution in [2.45, 2.75) is 11.4 Å². The number of pyridine rings is 1. The van der Waals surface area contributed by atoms with Crippen molar-refractivity contribution in [3.63, 3.8) is 0 Å². The topological polar surface area (TPSA) is 59.1 Å². The van der Waals surface area contributed by atoms with Gasteiger partial charge < -0.3 is 0 Å². The van der Waals surface area contributed by atoms with Crippen molar-refractivity contribution in [2.75, 3.05) is 0 Å². The molecule has 1 N–H and O–H groups in total. The molecule has 2 rings (SSSR count). The molecule has 0 aliphatic heterocycles. The first-order valence-corrected chi connectivity index (χ1v) is 7.91. The second kappa shape index (κ2) is 5.43. The molecule has 0 unspecified atom stereocenters. The van der Waals surface area contributed by atoms with Crippen LogP contribution >= 0.6 is 27.3 Å². The second-order valence-corrected chi connectivity index (χ2v) is 7.68. The van der Waals surface area contributed by atoms with Crippen molar-refractivity contribution >= 4 is 37.3 Å².